The standard InChI is InChI=1S/C20H28N14O4.CH4/c21-3-1-2-4-32(5-7-33-13-9(15(35)30-19(33)37)11(22)26-17(24)28-13)6-8-34-14-10(16(36)31-20(34)38)12(23)27-18(25)29-14;/h1-8,21H2,(H,30,35,37)(H,31,36,38)(H4,22,24,26,28)(H4,23,25,27,29);1H4. The van der Waals surface area contributed by atoms with Crippen LogP contribution in [0, 0.1) is 0 Å². The zero-order chi connectivity index (χ0) is 27.6. The van der Waals surface area contributed by atoms with Crippen molar-refractivity contribution in [3.63, 3.8) is 0 Å². The van der Waals surface area contributed by atoms with Gasteiger partial charge in [0.1, 0.15) is 22.4 Å². The van der Waals surface area contributed by atoms with E-state index in [1.54, 1.807) is 0 Å². The lowest BCUT2D eigenvalue weighted by molar-refractivity contribution is 0.247. The number of aromatic nitrogens is 8. The molecule has 4 aromatic rings. The number of nitrogens with zero attached hydrogens (tertiary/aromatic N) is 7. The van der Waals surface area contributed by atoms with E-state index in [9.17, 15) is 19.2 Å². The van der Waals surface area contributed by atoms with Crippen molar-refractivity contribution < 1.29 is 0 Å². The molecule has 0 aromatic carbocycles. The molecule has 0 spiro atoms. The largest absolute Gasteiger partial charge is 0.383 e. The van der Waals surface area contributed by atoms with Crippen LogP contribution in [-0.2, 0) is 13.1 Å². The van der Waals surface area contributed by atoms with Gasteiger partial charge in [-0.3, -0.25) is 33.6 Å². The maximum absolute atomic E-state index is 12.6. The molecule has 4 heterocycles. The highest BCUT2D eigenvalue weighted by Gasteiger charge is 2.17. The van der Waals surface area contributed by atoms with Crippen LogP contribution in [0.5, 0.6) is 0 Å². The van der Waals surface area contributed by atoms with Crippen molar-refractivity contribution in [2.75, 3.05) is 49.1 Å². The number of nitrogen functional groups attached to an aromatic ring is 4. The molecule has 0 atom stereocenters. The Labute approximate surface area is 219 Å². The monoisotopic (exact) mass is 544 g/mol. The highest BCUT2D eigenvalue weighted by atomic mass is 16.2. The summed E-state index contributed by atoms with van der Waals surface area (Å²) in [6, 6.07) is 0. The Kier molecular flexibility index (Phi) is 8.61. The van der Waals surface area contributed by atoms with E-state index in [2.05, 4.69) is 29.9 Å². The zero-order valence-electron chi connectivity index (χ0n) is 20.3. The molecule has 4 aromatic heterocycles. The summed E-state index contributed by atoms with van der Waals surface area (Å²) in [5.74, 6) is -0.656. The normalized spacial score (nSPS) is 11.3. The van der Waals surface area contributed by atoms with Crippen LogP contribution in [0.4, 0.5) is 23.5 Å². The van der Waals surface area contributed by atoms with Gasteiger partial charge in [0.2, 0.25) is 11.9 Å². The Morgan fingerprint density at radius 1 is 0.667 bits per heavy atom. The first kappa shape index (κ1) is 28.7. The number of anilines is 4. The maximum Gasteiger partial charge on any atom is 0.330 e. The molecule has 0 fully saturated rings. The fourth-order valence-corrected chi connectivity index (χ4v) is 4.15. The Bertz CT molecular complexity index is 1610. The van der Waals surface area contributed by atoms with Crippen molar-refractivity contribution in [3.05, 3.63) is 41.7 Å². The molecule has 0 aliphatic heterocycles. The van der Waals surface area contributed by atoms with Gasteiger partial charge >= 0.3 is 11.4 Å². The predicted octanol–water partition coefficient (Wildman–Crippen LogP) is -3.02. The second-order valence-electron chi connectivity index (χ2n) is 8.49. The minimum Gasteiger partial charge on any atom is -0.383 e. The van der Waals surface area contributed by atoms with Crippen LogP contribution in [-0.4, -0.2) is 70.1 Å². The summed E-state index contributed by atoms with van der Waals surface area (Å²) in [5.41, 5.74) is 25.9. The van der Waals surface area contributed by atoms with E-state index < -0.39 is 22.5 Å². The molecular weight excluding hydrogens is 512 g/mol. The van der Waals surface area contributed by atoms with Crippen LogP contribution < -0.4 is 51.2 Å². The van der Waals surface area contributed by atoms with Gasteiger partial charge in [0.05, 0.1) is 0 Å². The van der Waals surface area contributed by atoms with Crippen molar-refractivity contribution in [1.82, 2.24) is 43.9 Å². The zero-order valence-corrected chi connectivity index (χ0v) is 20.3. The lowest BCUT2D eigenvalue weighted by atomic mass is 10.3. The first-order valence-electron chi connectivity index (χ1n) is 11.6. The lowest BCUT2D eigenvalue weighted by Gasteiger charge is -2.23. The highest BCUT2D eigenvalue weighted by molar-refractivity contribution is 5.86. The van der Waals surface area contributed by atoms with E-state index in [-0.39, 0.29) is 66.1 Å². The number of nitrogens with one attached hydrogen (secondary N) is 2. The lowest BCUT2D eigenvalue weighted by Crippen LogP contribution is -2.39. The molecule has 0 saturated heterocycles. The smallest absolute Gasteiger partial charge is 0.330 e. The fourth-order valence-electron chi connectivity index (χ4n) is 4.15. The van der Waals surface area contributed by atoms with Gasteiger partial charge in [0.15, 0.2) is 11.3 Å². The summed E-state index contributed by atoms with van der Waals surface area (Å²) in [6.07, 6.45) is 1.49. The van der Waals surface area contributed by atoms with Gasteiger partial charge in [-0.25, -0.2) is 9.59 Å². The molecule has 18 heteroatoms. The molecule has 210 valence electrons. The van der Waals surface area contributed by atoms with Gasteiger partial charge in [0, 0.05) is 26.2 Å². The number of H-pyrrole nitrogens is 2. The molecule has 0 bridgehead atoms. The Morgan fingerprint density at radius 2 is 1.10 bits per heavy atom. The molecule has 0 aliphatic rings. The van der Waals surface area contributed by atoms with Crippen molar-refractivity contribution in [2.24, 2.45) is 5.73 Å². The highest BCUT2D eigenvalue weighted by Crippen LogP contribution is 2.14. The summed E-state index contributed by atoms with van der Waals surface area (Å²) in [7, 11) is 0. The van der Waals surface area contributed by atoms with Gasteiger partial charge in [0.25, 0.3) is 11.1 Å². The van der Waals surface area contributed by atoms with E-state index in [1.807, 2.05) is 4.90 Å². The van der Waals surface area contributed by atoms with E-state index in [0.717, 1.165) is 12.8 Å². The van der Waals surface area contributed by atoms with Crippen LogP contribution in [0.3, 0.4) is 0 Å². The molecule has 4 rings (SSSR count). The molecule has 0 amide bonds. The minimum absolute atomic E-state index is 0. The Morgan fingerprint density at radius 3 is 1.51 bits per heavy atom. The minimum atomic E-state index is -0.719. The number of fused-ring (bicyclic) bond motifs is 2. The number of hydrogen-bond acceptors (Lipinski definition) is 14. The maximum atomic E-state index is 12.6. The van der Waals surface area contributed by atoms with E-state index >= 15 is 0 Å². The van der Waals surface area contributed by atoms with E-state index in [0.29, 0.717) is 26.2 Å². The van der Waals surface area contributed by atoms with Crippen LogP contribution in [0.15, 0.2) is 19.2 Å². The van der Waals surface area contributed by atoms with Crippen molar-refractivity contribution in [3.8, 4) is 0 Å². The summed E-state index contributed by atoms with van der Waals surface area (Å²) < 4.78 is 2.49. The van der Waals surface area contributed by atoms with E-state index in [4.69, 9.17) is 28.7 Å². The topological polar surface area (TPSA) is 295 Å². The molecule has 0 aliphatic carbocycles. The van der Waals surface area contributed by atoms with Gasteiger partial charge in [-0.1, -0.05) is 7.43 Å². The number of unbranched alkanes of at least 4 members (excludes halogenated alkanes) is 1. The van der Waals surface area contributed by atoms with Gasteiger partial charge in [-0.2, -0.15) is 19.9 Å². The first-order valence-corrected chi connectivity index (χ1v) is 11.6. The second-order valence-corrected chi connectivity index (χ2v) is 8.49. The Balaban J connectivity index is 0.00000420. The summed E-state index contributed by atoms with van der Waals surface area (Å²) in [5, 5.41) is -0.0933. The molecule has 0 unspecified atom stereocenters. The third kappa shape index (κ3) is 5.85. The van der Waals surface area contributed by atoms with Crippen LogP contribution in [0.25, 0.3) is 22.1 Å². The number of rotatable bonds is 10. The molecule has 18 nitrogen and oxygen atoms in total. The summed E-state index contributed by atoms with van der Waals surface area (Å²) in [6.45, 7) is 1.89. The summed E-state index contributed by atoms with van der Waals surface area (Å²) >= 11 is 0. The van der Waals surface area contributed by atoms with Gasteiger partial charge < -0.3 is 28.7 Å². The number of aromatic amines is 2. The molecule has 0 saturated carbocycles. The SMILES string of the molecule is C.NCCCCN(CCn1c(=O)[nH]c(=O)c2c(N)nc(N)nc21)CCn1c(=O)[nH]c(=O)c2c(N)nc(N)nc21. The second kappa shape index (κ2) is 11.7. The molecule has 39 heavy (non-hydrogen) atoms. The van der Waals surface area contributed by atoms with Crippen molar-refractivity contribution >= 4 is 45.6 Å². The van der Waals surface area contributed by atoms with Crippen LogP contribution in [0.2, 0.25) is 0 Å². The first-order chi connectivity index (χ1) is 18.1. The summed E-state index contributed by atoms with van der Waals surface area (Å²) in [4.78, 5) is 71.9. The van der Waals surface area contributed by atoms with Crippen molar-refractivity contribution in [1.29, 1.82) is 0 Å². The van der Waals surface area contributed by atoms with Crippen molar-refractivity contribution in [2.45, 2.75) is 33.4 Å². The average Bonchev–Trinajstić information content (AvgIpc) is 2.81. The third-order valence-corrected chi connectivity index (χ3v) is 5.98. The quantitative estimate of drug-likeness (QED) is 0.0978. The average molecular weight is 545 g/mol. The molecule has 12 N–H and O–H groups in total. The number of hydrogen-bond donors (Lipinski definition) is 7. The molecule has 0 radical (unpaired) electrons. The molecular formula is C21H32N14O4. The van der Waals surface area contributed by atoms with Crippen LogP contribution in [0.1, 0.15) is 20.3 Å². The fraction of sp³-hybridized carbons (Fsp3) is 0.429. The Hall–Kier alpha value is -4.84. The van der Waals surface area contributed by atoms with E-state index in [1.165, 1.54) is 9.13 Å². The van der Waals surface area contributed by atoms with Crippen LogP contribution >= 0.6 is 0 Å². The van der Waals surface area contributed by atoms with Gasteiger partial charge in [-0.05, 0) is 25.9 Å². The number of nitrogens with two attached hydrogens (primary N) is 5. The predicted molar refractivity (Wildman–Crippen MR) is 148 cm³/mol. The van der Waals surface area contributed by atoms with Gasteiger partial charge in [-0.15, -0.1) is 0 Å². The third-order valence-electron chi connectivity index (χ3n) is 5.98.